The average Bonchev–Trinajstić information content (AvgIpc) is 2.18. The van der Waals surface area contributed by atoms with Crippen molar-refractivity contribution >= 4 is 23.2 Å². The number of nitrogen functional groups attached to an aromatic ring is 1. The van der Waals surface area contributed by atoms with Crippen LogP contribution in [0.4, 0.5) is 5.69 Å². The van der Waals surface area contributed by atoms with Crippen LogP contribution in [0.1, 0.15) is 10.4 Å². The topological polar surface area (TPSA) is 55.1 Å². The highest BCUT2D eigenvalue weighted by Gasteiger charge is 2.05. The molecular formula is C10H9ClN2O. The van der Waals surface area contributed by atoms with Gasteiger partial charge >= 0.3 is 0 Å². The maximum Gasteiger partial charge on any atom is 0.252 e. The van der Waals surface area contributed by atoms with Crippen molar-refractivity contribution in [2.75, 3.05) is 12.3 Å². The van der Waals surface area contributed by atoms with Gasteiger partial charge in [-0.05, 0) is 18.2 Å². The van der Waals surface area contributed by atoms with E-state index in [0.29, 0.717) is 16.3 Å². The van der Waals surface area contributed by atoms with Gasteiger partial charge in [-0.25, -0.2) is 0 Å². The molecule has 0 aliphatic heterocycles. The maximum absolute atomic E-state index is 11.4. The fourth-order valence-electron chi connectivity index (χ4n) is 0.918. The van der Waals surface area contributed by atoms with Crippen molar-refractivity contribution < 1.29 is 4.79 Å². The minimum Gasteiger partial charge on any atom is -0.398 e. The van der Waals surface area contributed by atoms with Crippen LogP contribution in [0.2, 0.25) is 5.02 Å². The molecule has 1 aromatic carbocycles. The normalized spacial score (nSPS) is 9.14. The van der Waals surface area contributed by atoms with Gasteiger partial charge in [-0.3, -0.25) is 4.79 Å². The number of nitrogens with two attached hydrogens (primary N) is 1. The molecule has 0 fully saturated rings. The third-order valence-corrected chi connectivity index (χ3v) is 1.95. The first-order valence-electron chi connectivity index (χ1n) is 3.92. The fourth-order valence-corrected chi connectivity index (χ4v) is 1.04. The molecule has 0 radical (unpaired) electrons. The molecule has 0 bridgehead atoms. The van der Waals surface area contributed by atoms with Crippen LogP contribution in [-0.2, 0) is 0 Å². The Labute approximate surface area is 87.2 Å². The lowest BCUT2D eigenvalue weighted by Gasteiger charge is -2.03. The molecule has 3 N–H and O–H groups in total. The van der Waals surface area contributed by atoms with Crippen molar-refractivity contribution in [3.8, 4) is 12.3 Å². The van der Waals surface area contributed by atoms with Crippen molar-refractivity contribution in [1.29, 1.82) is 0 Å². The predicted octanol–water partition coefficient (Wildman–Crippen LogP) is 1.29. The molecule has 1 amide bonds. The zero-order valence-electron chi connectivity index (χ0n) is 7.38. The van der Waals surface area contributed by atoms with Crippen molar-refractivity contribution in [3.05, 3.63) is 28.8 Å². The van der Waals surface area contributed by atoms with E-state index in [1.165, 1.54) is 6.07 Å². The summed E-state index contributed by atoms with van der Waals surface area (Å²) in [6.45, 7) is 0.196. The second-order valence-corrected chi connectivity index (χ2v) is 3.03. The Bertz CT molecular complexity index is 396. The van der Waals surface area contributed by atoms with E-state index in [4.69, 9.17) is 23.8 Å². The lowest BCUT2D eigenvalue weighted by atomic mass is 10.2. The van der Waals surface area contributed by atoms with Crippen LogP contribution in [-0.4, -0.2) is 12.5 Å². The number of rotatable bonds is 2. The lowest BCUT2D eigenvalue weighted by Crippen LogP contribution is -2.23. The number of carbonyl (C=O) groups excluding carboxylic acids is 1. The first kappa shape index (κ1) is 10.4. The zero-order chi connectivity index (χ0) is 10.6. The second-order valence-electron chi connectivity index (χ2n) is 2.62. The zero-order valence-corrected chi connectivity index (χ0v) is 8.14. The monoisotopic (exact) mass is 208 g/mol. The van der Waals surface area contributed by atoms with Crippen LogP contribution in [0.25, 0.3) is 0 Å². The summed E-state index contributed by atoms with van der Waals surface area (Å²) in [7, 11) is 0. The molecule has 0 atom stereocenters. The molecule has 3 nitrogen and oxygen atoms in total. The standard InChI is InChI=1S/C10H9ClN2O/c1-2-5-13-10(14)7-3-4-8(11)9(12)6-7/h1,3-4,6H,5,12H2,(H,13,14). The van der Waals surface area contributed by atoms with Gasteiger partial charge in [0.15, 0.2) is 0 Å². The first-order chi connectivity index (χ1) is 6.65. The Hall–Kier alpha value is -1.66. The summed E-state index contributed by atoms with van der Waals surface area (Å²) in [6, 6.07) is 4.67. The molecule has 72 valence electrons. The lowest BCUT2D eigenvalue weighted by molar-refractivity contribution is 0.0959. The molecule has 0 aliphatic carbocycles. The number of amides is 1. The van der Waals surface area contributed by atoms with Gasteiger partial charge in [0.05, 0.1) is 17.3 Å². The number of hydrogen-bond donors (Lipinski definition) is 2. The molecule has 0 heterocycles. The van der Waals surface area contributed by atoms with E-state index >= 15 is 0 Å². The Morgan fingerprint density at radius 1 is 1.64 bits per heavy atom. The predicted molar refractivity (Wildman–Crippen MR) is 57.0 cm³/mol. The Morgan fingerprint density at radius 3 is 2.93 bits per heavy atom. The molecule has 0 unspecified atom stereocenters. The first-order valence-corrected chi connectivity index (χ1v) is 4.29. The number of halogens is 1. The number of terminal acetylenes is 1. The summed E-state index contributed by atoms with van der Waals surface area (Å²) >= 11 is 5.70. The van der Waals surface area contributed by atoms with Gasteiger partial charge in [0.1, 0.15) is 0 Å². The number of nitrogens with one attached hydrogen (secondary N) is 1. The molecule has 0 saturated carbocycles. The average molecular weight is 209 g/mol. The second kappa shape index (κ2) is 4.54. The van der Waals surface area contributed by atoms with Crippen LogP contribution in [0.5, 0.6) is 0 Å². The summed E-state index contributed by atoms with van der Waals surface area (Å²) < 4.78 is 0. The third kappa shape index (κ3) is 2.41. The molecule has 1 rings (SSSR count). The molecule has 14 heavy (non-hydrogen) atoms. The summed E-state index contributed by atoms with van der Waals surface area (Å²) in [5.74, 6) is 2.05. The largest absolute Gasteiger partial charge is 0.398 e. The highest BCUT2D eigenvalue weighted by atomic mass is 35.5. The van der Waals surface area contributed by atoms with Crippen LogP contribution >= 0.6 is 11.6 Å². The van der Waals surface area contributed by atoms with Gasteiger partial charge in [0.25, 0.3) is 5.91 Å². The van der Waals surface area contributed by atoms with Crippen molar-refractivity contribution in [2.45, 2.75) is 0 Å². The van der Waals surface area contributed by atoms with Gasteiger partial charge in [0, 0.05) is 5.56 Å². The highest BCUT2D eigenvalue weighted by Crippen LogP contribution is 2.19. The number of hydrogen-bond acceptors (Lipinski definition) is 2. The summed E-state index contributed by atoms with van der Waals surface area (Å²) in [4.78, 5) is 11.4. The van der Waals surface area contributed by atoms with E-state index in [1.54, 1.807) is 12.1 Å². The van der Waals surface area contributed by atoms with Crippen LogP contribution in [0, 0.1) is 12.3 Å². The van der Waals surface area contributed by atoms with E-state index in [0.717, 1.165) is 0 Å². The van der Waals surface area contributed by atoms with E-state index in [1.807, 2.05) is 0 Å². The van der Waals surface area contributed by atoms with Gasteiger partial charge < -0.3 is 11.1 Å². The van der Waals surface area contributed by atoms with E-state index < -0.39 is 0 Å². The van der Waals surface area contributed by atoms with Crippen molar-refractivity contribution in [3.63, 3.8) is 0 Å². The van der Waals surface area contributed by atoms with Gasteiger partial charge in [-0.15, -0.1) is 6.42 Å². The van der Waals surface area contributed by atoms with Gasteiger partial charge in [0.2, 0.25) is 0 Å². The highest BCUT2D eigenvalue weighted by molar-refractivity contribution is 6.33. The minimum absolute atomic E-state index is 0.196. The molecule has 1 aromatic rings. The van der Waals surface area contributed by atoms with Crippen molar-refractivity contribution in [2.24, 2.45) is 0 Å². The van der Waals surface area contributed by atoms with Gasteiger partial charge in [-0.1, -0.05) is 17.5 Å². The molecule has 0 aliphatic rings. The Morgan fingerprint density at radius 2 is 2.36 bits per heavy atom. The third-order valence-electron chi connectivity index (χ3n) is 1.61. The Balaban J connectivity index is 2.82. The molecule has 0 aromatic heterocycles. The van der Waals surface area contributed by atoms with Crippen molar-refractivity contribution in [1.82, 2.24) is 5.32 Å². The molecule has 0 spiro atoms. The van der Waals surface area contributed by atoms with E-state index in [2.05, 4.69) is 11.2 Å². The smallest absolute Gasteiger partial charge is 0.252 e. The summed E-state index contributed by atoms with van der Waals surface area (Å²) in [5.41, 5.74) is 6.36. The quantitative estimate of drug-likeness (QED) is 0.568. The van der Waals surface area contributed by atoms with E-state index in [-0.39, 0.29) is 12.5 Å². The molecule has 0 saturated heterocycles. The molecular weight excluding hydrogens is 200 g/mol. The van der Waals surface area contributed by atoms with E-state index in [9.17, 15) is 4.79 Å². The SMILES string of the molecule is C#CCNC(=O)c1ccc(Cl)c(N)c1. The maximum atomic E-state index is 11.4. The number of carbonyl (C=O) groups is 1. The molecule has 4 heteroatoms. The van der Waals surface area contributed by atoms with Crippen LogP contribution in [0.3, 0.4) is 0 Å². The number of anilines is 1. The fraction of sp³-hybridized carbons (Fsp3) is 0.100. The summed E-state index contributed by atoms with van der Waals surface area (Å²) in [5, 5.41) is 2.95. The van der Waals surface area contributed by atoms with Gasteiger partial charge in [-0.2, -0.15) is 0 Å². The van der Waals surface area contributed by atoms with Crippen LogP contribution in [0.15, 0.2) is 18.2 Å². The Kier molecular flexibility index (Phi) is 3.38. The minimum atomic E-state index is -0.258. The van der Waals surface area contributed by atoms with Crippen LogP contribution < -0.4 is 11.1 Å². The summed E-state index contributed by atoms with van der Waals surface area (Å²) in [6.07, 6.45) is 5.00. The number of benzene rings is 1.